The minimum Gasteiger partial charge on any atom is -0.309 e. The van der Waals surface area contributed by atoms with Crippen LogP contribution in [0.4, 0.5) is 0 Å². The summed E-state index contributed by atoms with van der Waals surface area (Å²) in [5.41, 5.74) is 1.41. The van der Waals surface area contributed by atoms with Crippen molar-refractivity contribution in [1.82, 2.24) is 15.2 Å². The van der Waals surface area contributed by atoms with Gasteiger partial charge in [-0.3, -0.25) is 4.98 Å². The van der Waals surface area contributed by atoms with Gasteiger partial charge in [0.2, 0.25) is 0 Å². The molecule has 0 aliphatic heterocycles. The van der Waals surface area contributed by atoms with Crippen LogP contribution in [0.15, 0.2) is 24.5 Å². The predicted octanol–water partition coefficient (Wildman–Crippen LogP) is 2.85. The highest BCUT2D eigenvalue weighted by atomic mass is 15.2. The van der Waals surface area contributed by atoms with Crippen molar-refractivity contribution in [2.45, 2.75) is 45.2 Å². The molecule has 1 N–H and O–H groups in total. The van der Waals surface area contributed by atoms with Crippen molar-refractivity contribution in [2.24, 2.45) is 0 Å². The molecular formula is C15H27N3. The van der Waals surface area contributed by atoms with Crippen molar-refractivity contribution in [2.75, 3.05) is 20.6 Å². The van der Waals surface area contributed by atoms with Crippen LogP contribution in [0, 0.1) is 0 Å². The topological polar surface area (TPSA) is 28.2 Å². The van der Waals surface area contributed by atoms with E-state index >= 15 is 0 Å². The third-order valence-electron chi connectivity index (χ3n) is 4.08. The molecule has 0 spiro atoms. The minimum atomic E-state index is 0.138. The van der Waals surface area contributed by atoms with Crippen molar-refractivity contribution in [3.05, 3.63) is 30.1 Å². The van der Waals surface area contributed by atoms with Crippen LogP contribution in [0.3, 0.4) is 0 Å². The van der Waals surface area contributed by atoms with Gasteiger partial charge < -0.3 is 10.2 Å². The second kappa shape index (κ2) is 6.86. The first-order valence-electron chi connectivity index (χ1n) is 6.93. The van der Waals surface area contributed by atoms with Gasteiger partial charge >= 0.3 is 0 Å². The molecule has 0 aliphatic carbocycles. The van der Waals surface area contributed by atoms with Gasteiger partial charge in [-0.15, -0.1) is 0 Å². The van der Waals surface area contributed by atoms with Gasteiger partial charge in [0.15, 0.2) is 0 Å². The van der Waals surface area contributed by atoms with Gasteiger partial charge in [-0.1, -0.05) is 26.8 Å². The monoisotopic (exact) mass is 249 g/mol. The molecule has 3 nitrogen and oxygen atoms in total. The maximum absolute atomic E-state index is 4.27. The standard InChI is InChI=1S/C15H27N3/c1-6-15(7-2,18(4)5)14(17-8-3)13-10-9-11-16-12-13/h9-12,14,17H,6-8H2,1-5H3. The molecule has 0 saturated carbocycles. The smallest absolute Gasteiger partial charge is 0.0522 e. The minimum absolute atomic E-state index is 0.138. The molecule has 0 aromatic carbocycles. The van der Waals surface area contributed by atoms with E-state index in [1.165, 1.54) is 5.56 Å². The number of pyridine rings is 1. The SMILES string of the molecule is CCNC(c1cccnc1)C(CC)(CC)N(C)C. The molecular weight excluding hydrogens is 222 g/mol. The number of nitrogens with one attached hydrogen (secondary N) is 1. The summed E-state index contributed by atoms with van der Waals surface area (Å²) in [4.78, 5) is 6.63. The van der Waals surface area contributed by atoms with Gasteiger partial charge in [-0.05, 0) is 45.1 Å². The average molecular weight is 249 g/mol. The van der Waals surface area contributed by atoms with Gasteiger partial charge in [-0.2, -0.15) is 0 Å². The van der Waals surface area contributed by atoms with Gasteiger partial charge in [0.25, 0.3) is 0 Å². The highest BCUT2D eigenvalue weighted by Gasteiger charge is 2.38. The van der Waals surface area contributed by atoms with Crippen molar-refractivity contribution in [3.8, 4) is 0 Å². The maximum atomic E-state index is 4.27. The van der Waals surface area contributed by atoms with Crippen LogP contribution >= 0.6 is 0 Å². The third kappa shape index (κ3) is 2.90. The molecule has 0 radical (unpaired) electrons. The summed E-state index contributed by atoms with van der Waals surface area (Å²) in [5.74, 6) is 0. The first-order chi connectivity index (χ1) is 8.62. The molecule has 1 aromatic heterocycles. The summed E-state index contributed by atoms with van der Waals surface area (Å²) in [6.45, 7) is 7.67. The molecule has 1 heterocycles. The first kappa shape index (κ1) is 15.1. The van der Waals surface area contributed by atoms with Crippen LogP contribution in [0.5, 0.6) is 0 Å². The van der Waals surface area contributed by atoms with E-state index in [1.54, 1.807) is 0 Å². The fourth-order valence-electron chi connectivity index (χ4n) is 2.92. The van der Waals surface area contributed by atoms with Gasteiger partial charge in [0.1, 0.15) is 0 Å². The predicted molar refractivity (Wildman–Crippen MR) is 77.7 cm³/mol. The summed E-state index contributed by atoms with van der Waals surface area (Å²) >= 11 is 0. The number of hydrogen-bond acceptors (Lipinski definition) is 3. The molecule has 18 heavy (non-hydrogen) atoms. The Morgan fingerprint density at radius 1 is 1.28 bits per heavy atom. The molecule has 0 aliphatic rings. The van der Waals surface area contributed by atoms with Crippen LogP contribution in [0.1, 0.15) is 45.2 Å². The van der Waals surface area contributed by atoms with E-state index in [9.17, 15) is 0 Å². The lowest BCUT2D eigenvalue weighted by Gasteiger charge is -2.45. The largest absolute Gasteiger partial charge is 0.309 e. The first-order valence-corrected chi connectivity index (χ1v) is 6.93. The zero-order chi connectivity index (χ0) is 13.6. The Bertz CT molecular complexity index is 331. The van der Waals surface area contributed by atoms with E-state index in [-0.39, 0.29) is 5.54 Å². The fraction of sp³-hybridized carbons (Fsp3) is 0.667. The van der Waals surface area contributed by atoms with Crippen LogP contribution in [-0.2, 0) is 0 Å². The summed E-state index contributed by atoms with van der Waals surface area (Å²) in [5, 5.41) is 3.64. The molecule has 102 valence electrons. The van der Waals surface area contributed by atoms with Crippen molar-refractivity contribution in [1.29, 1.82) is 0 Å². The summed E-state index contributed by atoms with van der Waals surface area (Å²) < 4.78 is 0. The Morgan fingerprint density at radius 3 is 2.33 bits per heavy atom. The van der Waals surface area contributed by atoms with E-state index < -0.39 is 0 Å². The normalized spacial score (nSPS) is 13.9. The van der Waals surface area contributed by atoms with Gasteiger partial charge in [-0.25, -0.2) is 0 Å². The summed E-state index contributed by atoms with van der Waals surface area (Å²) in [7, 11) is 4.35. The van der Waals surface area contributed by atoms with Crippen molar-refractivity contribution < 1.29 is 0 Å². The number of aromatic nitrogens is 1. The molecule has 0 amide bonds. The lowest BCUT2D eigenvalue weighted by Crippen LogP contribution is -2.53. The second-order valence-corrected chi connectivity index (χ2v) is 4.98. The van der Waals surface area contributed by atoms with Crippen molar-refractivity contribution >= 4 is 0 Å². The highest BCUT2D eigenvalue weighted by molar-refractivity contribution is 5.20. The molecule has 3 heteroatoms. The quantitative estimate of drug-likeness (QED) is 0.805. The summed E-state index contributed by atoms with van der Waals surface area (Å²) in [6, 6.07) is 4.51. The van der Waals surface area contributed by atoms with Crippen molar-refractivity contribution in [3.63, 3.8) is 0 Å². The molecule has 1 rings (SSSR count). The lowest BCUT2D eigenvalue weighted by atomic mass is 9.80. The average Bonchev–Trinajstić information content (AvgIpc) is 2.40. The molecule has 1 aromatic rings. The van der Waals surface area contributed by atoms with E-state index in [1.807, 2.05) is 18.5 Å². The Kier molecular flexibility index (Phi) is 5.76. The molecule has 0 saturated heterocycles. The number of rotatable bonds is 7. The van der Waals surface area contributed by atoms with E-state index in [4.69, 9.17) is 0 Å². The van der Waals surface area contributed by atoms with Crippen LogP contribution in [0.25, 0.3) is 0 Å². The summed E-state index contributed by atoms with van der Waals surface area (Å²) in [6.07, 6.45) is 6.05. The fourth-order valence-corrected chi connectivity index (χ4v) is 2.92. The zero-order valence-electron chi connectivity index (χ0n) is 12.4. The molecule has 0 bridgehead atoms. The zero-order valence-corrected chi connectivity index (χ0v) is 12.4. The lowest BCUT2D eigenvalue weighted by molar-refractivity contribution is 0.0887. The van der Waals surface area contributed by atoms with Gasteiger partial charge in [0.05, 0.1) is 6.04 Å². The Labute approximate surface area is 112 Å². The number of hydrogen-bond donors (Lipinski definition) is 1. The molecule has 1 atom stereocenters. The van der Waals surface area contributed by atoms with Gasteiger partial charge in [0, 0.05) is 17.9 Å². The number of nitrogens with zero attached hydrogens (tertiary/aromatic N) is 2. The van der Waals surface area contributed by atoms with E-state index in [0.717, 1.165) is 19.4 Å². The Morgan fingerprint density at radius 2 is 1.94 bits per heavy atom. The Hall–Kier alpha value is -0.930. The molecule has 1 unspecified atom stereocenters. The highest BCUT2D eigenvalue weighted by Crippen LogP contribution is 2.35. The third-order valence-corrected chi connectivity index (χ3v) is 4.08. The van der Waals surface area contributed by atoms with E-state index in [2.05, 4.69) is 56.1 Å². The van der Waals surface area contributed by atoms with E-state index in [0.29, 0.717) is 6.04 Å². The number of likely N-dealkylation sites (N-methyl/N-ethyl adjacent to an activating group) is 2. The second-order valence-electron chi connectivity index (χ2n) is 4.98. The van der Waals surface area contributed by atoms with Crippen LogP contribution in [0.2, 0.25) is 0 Å². The Balaban J connectivity index is 3.17. The molecule has 0 fully saturated rings. The van der Waals surface area contributed by atoms with Crippen LogP contribution < -0.4 is 5.32 Å². The maximum Gasteiger partial charge on any atom is 0.0522 e. The van der Waals surface area contributed by atoms with Crippen LogP contribution in [-0.4, -0.2) is 36.1 Å².